The van der Waals surface area contributed by atoms with E-state index in [1.807, 2.05) is 41.4 Å². The van der Waals surface area contributed by atoms with Crippen LogP contribution in [0.4, 0.5) is 5.82 Å². The number of benzene rings is 1. The molecule has 0 unspecified atom stereocenters. The molecule has 4 rings (SSSR count). The number of rotatable bonds is 7. The highest BCUT2D eigenvalue weighted by Crippen LogP contribution is 2.28. The molecule has 32 heavy (non-hydrogen) atoms. The van der Waals surface area contributed by atoms with Crippen LogP contribution in [0.1, 0.15) is 31.2 Å². The minimum Gasteiger partial charge on any atom is -0.507 e. The van der Waals surface area contributed by atoms with Gasteiger partial charge in [-0.2, -0.15) is 0 Å². The molecule has 1 atom stereocenters. The maximum Gasteiger partial charge on any atom is 0.222 e. The fraction of sp³-hybridized carbons (Fsp3) is 0.520. The Morgan fingerprint density at radius 1 is 1.16 bits per heavy atom. The lowest BCUT2D eigenvalue weighted by molar-refractivity contribution is -0.131. The lowest BCUT2D eigenvalue weighted by Gasteiger charge is -2.36. The quantitative estimate of drug-likeness (QED) is 0.716. The Balaban J connectivity index is 1.21. The summed E-state index contributed by atoms with van der Waals surface area (Å²) in [6.07, 6.45) is 5.68. The topological polar surface area (TPSA) is 69.1 Å². The molecule has 2 saturated heterocycles. The van der Waals surface area contributed by atoms with Crippen LogP contribution in [0.3, 0.4) is 0 Å². The standard InChI is InChI=1S/C25H34N4O3/c1-32-22-9-8-21(23(30)17-22)19-27-12-4-5-20(18-27)7-10-25(31)29-15-13-28(14-16-29)24-6-2-3-11-26-24/h2-3,6,8-9,11,17,20,30H,4-5,7,10,12-16,18-19H2,1H3/t20-/m0/s1. The summed E-state index contributed by atoms with van der Waals surface area (Å²) in [7, 11) is 1.60. The maximum absolute atomic E-state index is 12.8. The molecule has 7 heteroatoms. The van der Waals surface area contributed by atoms with Gasteiger partial charge in [0.25, 0.3) is 0 Å². The summed E-state index contributed by atoms with van der Waals surface area (Å²) in [5.74, 6) is 2.75. The number of pyridine rings is 1. The fourth-order valence-corrected chi connectivity index (χ4v) is 4.79. The lowest BCUT2D eigenvalue weighted by Crippen LogP contribution is -2.49. The second kappa shape index (κ2) is 10.7. The molecule has 0 radical (unpaired) electrons. The first kappa shape index (κ1) is 22.4. The number of aromatic nitrogens is 1. The second-order valence-electron chi connectivity index (χ2n) is 8.83. The van der Waals surface area contributed by atoms with Crippen LogP contribution in [-0.2, 0) is 11.3 Å². The first-order valence-electron chi connectivity index (χ1n) is 11.6. The van der Waals surface area contributed by atoms with E-state index in [1.54, 1.807) is 13.2 Å². The average molecular weight is 439 g/mol. The monoisotopic (exact) mass is 438 g/mol. The van der Waals surface area contributed by atoms with Gasteiger partial charge in [-0.1, -0.05) is 12.1 Å². The van der Waals surface area contributed by atoms with E-state index >= 15 is 0 Å². The second-order valence-corrected chi connectivity index (χ2v) is 8.83. The zero-order chi connectivity index (χ0) is 22.3. The van der Waals surface area contributed by atoms with Gasteiger partial charge in [0.2, 0.25) is 5.91 Å². The van der Waals surface area contributed by atoms with E-state index in [4.69, 9.17) is 4.74 Å². The minimum atomic E-state index is 0.274. The summed E-state index contributed by atoms with van der Waals surface area (Å²) in [5, 5.41) is 10.3. The van der Waals surface area contributed by atoms with Gasteiger partial charge in [0.15, 0.2) is 0 Å². The highest BCUT2D eigenvalue weighted by molar-refractivity contribution is 5.76. The number of amides is 1. The van der Waals surface area contributed by atoms with E-state index in [0.717, 1.165) is 70.0 Å². The van der Waals surface area contributed by atoms with E-state index in [9.17, 15) is 9.90 Å². The van der Waals surface area contributed by atoms with Gasteiger partial charge < -0.3 is 19.6 Å². The van der Waals surface area contributed by atoms with Crippen LogP contribution < -0.4 is 9.64 Å². The molecule has 0 spiro atoms. The highest BCUT2D eigenvalue weighted by atomic mass is 16.5. The van der Waals surface area contributed by atoms with Gasteiger partial charge in [0, 0.05) is 63.5 Å². The number of likely N-dealkylation sites (tertiary alicyclic amines) is 1. The van der Waals surface area contributed by atoms with Crippen LogP contribution in [-0.4, -0.2) is 72.2 Å². The van der Waals surface area contributed by atoms with Gasteiger partial charge in [-0.15, -0.1) is 0 Å². The predicted molar refractivity (Wildman–Crippen MR) is 125 cm³/mol. The van der Waals surface area contributed by atoms with E-state index in [1.165, 1.54) is 6.42 Å². The number of hydrogen-bond acceptors (Lipinski definition) is 6. The SMILES string of the molecule is COc1ccc(CN2CCC[C@@H](CCC(=O)N3CCN(c4ccccn4)CC3)C2)c(O)c1. The Kier molecular flexibility index (Phi) is 7.47. The van der Waals surface area contributed by atoms with Gasteiger partial charge in [-0.25, -0.2) is 4.98 Å². The molecular weight excluding hydrogens is 404 g/mol. The number of anilines is 1. The van der Waals surface area contributed by atoms with Gasteiger partial charge in [-0.05, 0) is 49.9 Å². The molecule has 172 valence electrons. The van der Waals surface area contributed by atoms with Crippen LogP contribution in [0, 0.1) is 5.92 Å². The predicted octanol–water partition coefficient (Wildman–Crippen LogP) is 3.14. The van der Waals surface area contributed by atoms with Crippen molar-refractivity contribution in [2.45, 2.75) is 32.2 Å². The molecule has 1 amide bonds. The van der Waals surface area contributed by atoms with Crippen molar-refractivity contribution in [2.24, 2.45) is 5.92 Å². The molecule has 0 aliphatic carbocycles. The molecule has 2 aromatic rings. The number of ether oxygens (including phenoxy) is 1. The number of phenolic OH excluding ortho intramolecular Hbond substituents is 1. The fourth-order valence-electron chi connectivity index (χ4n) is 4.79. The number of hydrogen-bond donors (Lipinski definition) is 1. The first-order chi connectivity index (χ1) is 15.6. The summed E-state index contributed by atoms with van der Waals surface area (Å²) >= 11 is 0. The van der Waals surface area contributed by atoms with Crippen molar-refractivity contribution >= 4 is 11.7 Å². The normalized spacial score (nSPS) is 19.7. The van der Waals surface area contributed by atoms with Crippen molar-refractivity contribution in [3.8, 4) is 11.5 Å². The zero-order valence-electron chi connectivity index (χ0n) is 18.9. The third-order valence-electron chi connectivity index (χ3n) is 6.66. The van der Waals surface area contributed by atoms with E-state index in [0.29, 0.717) is 18.1 Å². The summed E-state index contributed by atoms with van der Waals surface area (Å²) in [6.45, 7) is 5.95. The molecule has 1 N–H and O–H groups in total. The molecule has 3 heterocycles. The van der Waals surface area contributed by atoms with Gasteiger partial charge in [0.05, 0.1) is 7.11 Å². The van der Waals surface area contributed by atoms with E-state index in [-0.39, 0.29) is 11.7 Å². The molecule has 2 aliphatic heterocycles. The smallest absolute Gasteiger partial charge is 0.222 e. The Hall–Kier alpha value is -2.80. The van der Waals surface area contributed by atoms with E-state index < -0.39 is 0 Å². The van der Waals surface area contributed by atoms with Crippen molar-refractivity contribution in [1.29, 1.82) is 0 Å². The number of piperazine rings is 1. The van der Waals surface area contributed by atoms with Crippen LogP contribution in [0.2, 0.25) is 0 Å². The van der Waals surface area contributed by atoms with Crippen molar-refractivity contribution in [2.75, 3.05) is 51.3 Å². The minimum absolute atomic E-state index is 0.274. The molecule has 7 nitrogen and oxygen atoms in total. The summed E-state index contributed by atoms with van der Waals surface area (Å²) in [6, 6.07) is 11.5. The lowest BCUT2D eigenvalue weighted by atomic mass is 9.92. The number of nitrogens with zero attached hydrogens (tertiary/aromatic N) is 4. The van der Waals surface area contributed by atoms with Crippen molar-refractivity contribution < 1.29 is 14.6 Å². The first-order valence-corrected chi connectivity index (χ1v) is 11.6. The largest absolute Gasteiger partial charge is 0.507 e. The molecule has 1 aromatic carbocycles. The number of aromatic hydroxyl groups is 1. The number of carbonyl (C=O) groups excluding carboxylic acids is 1. The zero-order valence-corrected chi connectivity index (χ0v) is 18.9. The Morgan fingerprint density at radius 2 is 2.00 bits per heavy atom. The highest BCUT2D eigenvalue weighted by Gasteiger charge is 2.25. The van der Waals surface area contributed by atoms with E-state index in [2.05, 4.69) is 14.8 Å². The number of phenols is 1. The molecule has 0 bridgehead atoms. The van der Waals surface area contributed by atoms with Crippen molar-refractivity contribution in [1.82, 2.24) is 14.8 Å². The molecule has 2 aliphatic rings. The van der Waals surface area contributed by atoms with Crippen molar-refractivity contribution in [3.63, 3.8) is 0 Å². The Morgan fingerprint density at radius 3 is 2.72 bits per heavy atom. The average Bonchev–Trinajstić information content (AvgIpc) is 2.84. The molecular formula is C25H34N4O3. The molecule has 1 aromatic heterocycles. The third-order valence-corrected chi connectivity index (χ3v) is 6.66. The van der Waals surface area contributed by atoms with Gasteiger partial charge in [-0.3, -0.25) is 9.69 Å². The Labute approximate surface area is 190 Å². The number of piperidine rings is 1. The number of methoxy groups -OCH3 is 1. The van der Waals surface area contributed by atoms with Crippen LogP contribution in [0.15, 0.2) is 42.6 Å². The number of carbonyl (C=O) groups is 1. The summed E-state index contributed by atoms with van der Waals surface area (Å²) in [4.78, 5) is 23.9. The third kappa shape index (κ3) is 5.71. The summed E-state index contributed by atoms with van der Waals surface area (Å²) in [5.41, 5.74) is 0.924. The summed E-state index contributed by atoms with van der Waals surface area (Å²) < 4.78 is 5.17. The molecule has 0 saturated carbocycles. The maximum atomic E-state index is 12.8. The molecule has 2 fully saturated rings. The van der Waals surface area contributed by atoms with Crippen molar-refractivity contribution in [3.05, 3.63) is 48.2 Å². The Bertz CT molecular complexity index is 884. The van der Waals surface area contributed by atoms with Gasteiger partial charge in [0.1, 0.15) is 17.3 Å². The van der Waals surface area contributed by atoms with Gasteiger partial charge >= 0.3 is 0 Å². The van der Waals surface area contributed by atoms with Crippen LogP contribution in [0.25, 0.3) is 0 Å². The van der Waals surface area contributed by atoms with Crippen LogP contribution >= 0.6 is 0 Å². The van der Waals surface area contributed by atoms with Crippen LogP contribution in [0.5, 0.6) is 11.5 Å².